The van der Waals surface area contributed by atoms with Gasteiger partial charge < -0.3 is 29.9 Å². The van der Waals surface area contributed by atoms with Gasteiger partial charge in [-0.3, -0.25) is 9.59 Å². The Balaban J connectivity index is 1.39. The third-order valence-electron chi connectivity index (χ3n) is 10.7. The zero-order valence-corrected chi connectivity index (χ0v) is 35.2. The fourth-order valence-corrected chi connectivity index (χ4v) is 7.83. The minimum atomic E-state index is -0.472. The van der Waals surface area contributed by atoms with Crippen molar-refractivity contribution in [1.82, 2.24) is 0 Å². The summed E-state index contributed by atoms with van der Waals surface area (Å²) in [7, 11) is 3.23. The highest BCUT2D eigenvalue weighted by atomic mass is 16.5. The van der Waals surface area contributed by atoms with Crippen molar-refractivity contribution in [2.45, 2.75) is 45.9 Å². The molecule has 0 radical (unpaired) electrons. The first kappa shape index (κ1) is 41.8. The van der Waals surface area contributed by atoms with E-state index in [0.717, 1.165) is 28.1 Å². The SMILES string of the molecule is COc1ccc(C(c2ccc(N(Cc3ccccc3)Cc3ccccc3)cc2NC(C)=O)c2ccc(N(Cc3ccccc3)Cc3ccccc3)cc2NC(C)=O)cc1OC. The molecule has 7 rings (SSSR count). The van der Waals surface area contributed by atoms with Gasteiger partial charge in [0.15, 0.2) is 11.5 Å². The number of hydrogen-bond acceptors (Lipinski definition) is 6. The average Bonchev–Trinajstić information content (AvgIpc) is 3.28. The number of carbonyl (C=O) groups is 2. The highest BCUT2D eigenvalue weighted by Gasteiger charge is 2.27. The van der Waals surface area contributed by atoms with E-state index in [2.05, 4.69) is 154 Å². The summed E-state index contributed by atoms with van der Waals surface area (Å²) in [5.41, 5.74) is 10.4. The van der Waals surface area contributed by atoms with E-state index in [4.69, 9.17) is 9.47 Å². The van der Waals surface area contributed by atoms with Crippen LogP contribution in [-0.4, -0.2) is 26.0 Å². The van der Waals surface area contributed by atoms with Crippen LogP contribution in [0.15, 0.2) is 176 Å². The van der Waals surface area contributed by atoms with Crippen LogP contribution in [0, 0.1) is 0 Å². The number of nitrogens with one attached hydrogen (secondary N) is 2. The molecule has 0 saturated heterocycles. The molecule has 7 aromatic carbocycles. The van der Waals surface area contributed by atoms with E-state index in [9.17, 15) is 9.59 Å². The van der Waals surface area contributed by atoms with Crippen molar-refractivity contribution in [3.05, 3.63) is 215 Å². The molecule has 0 unspecified atom stereocenters. The summed E-state index contributed by atoms with van der Waals surface area (Å²) in [6.45, 7) is 5.68. The van der Waals surface area contributed by atoms with Crippen LogP contribution in [0.2, 0.25) is 0 Å². The van der Waals surface area contributed by atoms with Gasteiger partial charge in [0.25, 0.3) is 0 Å². The van der Waals surface area contributed by atoms with Crippen molar-refractivity contribution in [2.75, 3.05) is 34.7 Å². The zero-order valence-electron chi connectivity index (χ0n) is 35.2. The van der Waals surface area contributed by atoms with Crippen LogP contribution in [0.25, 0.3) is 0 Å². The summed E-state index contributed by atoms with van der Waals surface area (Å²) < 4.78 is 11.5. The molecular weight excluding hydrogens is 757 g/mol. The van der Waals surface area contributed by atoms with Gasteiger partial charge in [-0.15, -0.1) is 0 Å². The van der Waals surface area contributed by atoms with Gasteiger partial charge in [0, 0.05) is 68.7 Å². The first-order valence-corrected chi connectivity index (χ1v) is 20.5. The lowest BCUT2D eigenvalue weighted by Gasteiger charge is -2.30. The molecule has 0 spiro atoms. The zero-order chi connectivity index (χ0) is 42.6. The highest BCUT2D eigenvalue weighted by molar-refractivity contribution is 5.93. The van der Waals surface area contributed by atoms with Crippen molar-refractivity contribution in [3.8, 4) is 11.5 Å². The number of amides is 2. The maximum absolute atomic E-state index is 13.1. The van der Waals surface area contributed by atoms with Crippen molar-refractivity contribution < 1.29 is 19.1 Å². The maximum Gasteiger partial charge on any atom is 0.221 e. The monoisotopic (exact) mass is 808 g/mol. The van der Waals surface area contributed by atoms with Crippen LogP contribution in [-0.2, 0) is 35.8 Å². The minimum absolute atomic E-state index is 0.197. The first-order chi connectivity index (χ1) is 29.8. The van der Waals surface area contributed by atoms with E-state index in [1.807, 2.05) is 42.5 Å². The van der Waals surface area contributed by atoms with Crippen LogP contribution < -0.4 is 29.9 Å². The number of rotatable bonds is 17. The Morgan fingerprint density at radius 3 is 1.15 bits per heavy atom. The lowest BCUT2D eigenvalue weighted by atomic mass is 9.82. The van der Waals surface area contributed by atoms with Gasteiger partial charge >= 0.3 is 0 Å². The summed E-state index contributed by atoms with van der Waals surface area (Å²) in [4.78, 5) is 30.9. The van der Waals surface area contributed by atoms with Crippen molar-refractivity contribution in [1.29, 1.82) is 0 Å². The molecule has 0 aliphatic carbocycles. The Bertz CT molecular complexity index is 2300. The Labute approximate surface area is 359 Å². The second kappa shape index (κ2) is 20.1. The topological polar surface area (TPSA) is 83.1 Å². The van der Waals surface area contributed by atoms with Gasteiger partial charge in [-0.2, -0.15) is 0 Å². The highest BCUT2D eigenvalue weighted by Crippen LogP contribution is 2.44. The van der Waals surface area contributed by atoms with Crippen LogP contribution in [0.3, 0.4) is 0 Å². The summed E-state index contributed by atoms with van der Waals surface area (Å²) in [6.07, 6.45) is 0. The van der Waals surface area contributed by atoms with Crippen molar-refractivity contribution >= 4 is 34.6 Å². The third-order valence-corrected chi connectivity index (χ3v) is 10.7. The molecule has 0 aromatic heterocycles. The van der Waals surface area contributed by atoms with Crippen molar-refractivity contribution in [2.24, 2.45) is 0 Å². The van der Waals surface area contributed by atoms with Crippen molar-refractivity contribution in [3.63, 3.8) is 0 Å². The number of methoxy groups -OCH3 is 2. The smallest absolute Gasteiger partial charge is 0.221 e. The van der Waals surface area contributed by atoms with Gasteiger partial charge in [0.1, 0.15) is 0 Å². The summed E-state index contributed by atoms with van der Waals surface area (Å²) in [6, 6.07) is 59.9. The lowest BCUT2D eigenvalue weighted by Crippen LogP contribution is -2.23. The van der Waals surface area contributed by atoms with Gasteiger partial charge in [-0.25, -0.2) is 0 Å². The van der Waals surface area contributed by atoms with E-state index in [1.54, 1.807) is 14.2 Å². The van der Waals surface area contributed by atoms with E-state index < -0.39 is 5.92 Å². The fourth-order valence-electron chi connectivity index (χ4n) is 7.83. The average molecular weight is 809 g/mol. The predicted molar refractivity (Wildman–Crippen MR) is 248 cm³/mol. The number of carbonyl (C=O) groups excluding carboxylic acids is 2. The molecule has 7 aromatic rings. The van der Waals surface area contributed by atoms with Gasteiger partial charge in [0.05, 0.1) is 14.2 Å². The van der Waals surface area contributed by atoms with Gasteiger partial charge in [0.2, 0.25) is 11.8 Å². The molecule has 0 heterocycles. The Kier molecular flexibility index (Phi) is 13.8. The number of benzene rings is 7. The van der Waals surface area contributed by atoms with E-state index in [0.29, 0.717) is 49.1 Å². The third kappa shape index (κ3) is 10.8. The van der Waals surface area contributed by atoms with Crippen LogP contribution in [0.1, 0.15) is 58.7 Å². The quantitative estimate of drug-likeness (QED) is 0.0892. The number of anilines is 4. The molecule has 0 fully saturated rings. The first-order valence-electron chi connectivity index (χ1n) is 20.5. The molecular formula is C53H52N4O4. The molecule has 8 heteroatoms. The minimum Gasteiger partial charge on any atom is -0.493 e. The van der Waals surface area contributed by atoms with Gasteiger partial charge in [-0.05, 0) is 75.3 Å². The maximum atomic E-state index is 13.1. The molecule has 0 atom stereocenters. The van der Waals surface area contributed by atoms with Crippen LogP contribution >= 0.6 is 0 Å². The van der Waals surface area contributed by atoms with E-state index in [1.165, 1.54) is 36.1 Å². The molecule has 0 bridgehead atoms. The number of ether oxygens (including phenoxy) is 2. The molecule has 8 nitrogen and oxygen atoms in total. The Morgan fingerprint density at radius 1 is 0.459 bits per heavy atom. The molecule has 0 saturated carbocycles. The summed E-state index contributed by atoms with van der Waals surface area (Å²) in [5.74, 6) is 0.290. The molecule has 2 N–H and O–H groups in total. The van der Waals surface area contributed by atoms with Crippen LogP contribution in [0.4, 0.5) is 22.7 Å². The second-order valence-electron chi connectivity index (χ2n) is 15.1. The van der Waals surface area contributed by atoms with E-state index >= 15 is 0 Å². The summed E-state index contributed by atoms with van der Waals surface area (Å²) in [5, 5.41) is 6.39. The second-order valence-corrected chi connectivity index (χ2v) is 15.1. The van der Waals surface area contributed by atoms with E-state index in [-0.39, 0.29) is 11.8 Å². The molecule has 61 heavy (non-hydrogen) atoms. The lowest BCUT2D eigenvalue weighted by molar-refractivity contribution is -0.115. The van der Waals surface area contributed by atoms with Crippen LogP contribution in [0.5, 0.6) is 11.5 Å². The van der Waals surface area contributed by atoms with Gasteiger partial charge in [-0.1, -0.05) is 140 Å². The molecule has 308 valence electrons. The standard InChI is InChI=1S/C53H52N4O4/c1-38(58)54-49-32-45(56(34-40-17-9-5-10-18-40)35-41-19-11-6-12-20-41)26-28-47(49)53(44-25-30-51(60-3)52(31-44)61-4)48-29-27-46(33-50(48)55-39(2)59)57(36-42-21-13-7-14-22-42)37-43-23-15-8-16-24-43/h5-33,53H,34-37H2,1-4H3,(H,54,58)(H,55,59). The fraction of sp³-hybridized carbons (Fsp3) is 0.170. The molecule has 0 aliphatic rings. The summed E-state index contributed by atoms with van der Waals surface area (Å²) >= 11 is 0. The molecule has 0 aliphatic heterocycles. The molecule has 2 amide bonds. The Hall–Kier alpha value is -7.32. The Morgan fingerprint density at radius 2 is 0.820 bits per heavy atom. The predicted octanol–water partition coefficient (Wildman–Crippen LogP) is 11.2. The largest absolute Gasteiger partial charge is 0.493 e. The normalized spacial score (nSPS) is 10.8. The number of nitrogens with zero attached hydrogens (tertiary/aromatic N) is 2. The number of hydrogen-bond donors (Lipinski definition) is 2.